The predicted molar refractivity (Wildman–Crippen MR) is 74.0 cm³/mol. The van der Waals surface area contributed by atoms with Gasteiger partial charge < -0.3 is 15.3 Å². The fourth-order valence-corrected chi connectivity index (χ4v) is 2.80. The van der Waals surface area contributed by atoms with Gasteiger partial charge in [0.05, 0.1) is 0 Å². The smallest absolute Gasteiger partial charge is 0.405 e. The normalized spacial score (nSPS) is 25.2. The minimum absolute atomic E-state index is 0.0987. The molecule has 1 fully saturated rings. The number of hydrogen-bond acceptors (Lipinski definition) is 2. The summed E-state index contributed by atoms with van der Waals surface area (Å²) in [7, 11) is 0. The van der Waals surface area contributed by atoms with Crippen LogP contribution < -0.4 is 5.32 Å². The van der Waals surface area contributed by atoms with Gasteiger partial charge in [-0.15, -0.1) is 0 Å². The summed E-state index contributed by atoms with van der Waals surface area (Å²) in [6.07, 6.45) is 0.914. The minimum Gasteiger partial charge on any atom is -0.465 e. The van der Waals surface area contributed by atoms with Gasteiger partial charge in [0.2, 0.25) is 5.91 Å². The highest BCUT2D eigenvalue weighted by Crippen LogP contribution is 2.30. The van der Waals surface area contributed by atoms with Crippen molar-refractivity contribution in [1.29, 1.82) is 0 Å². The van der Waals surface area contributed by atoms with Gasteiger partial charge in [-0.1, -0.05) is 34.1 Å². The molecule has 1 aliphatic rings. The molecule has 19 heavy (non-hydrogen) atoms. The van der Waals surface area contributed by atoms with Crippen molar-refractivity contribution < 1.29 is 14.7 Å². The Morgan fingerprint density at radius 1 is 1.42 bits per heavy atom. The number of rotatable bonds is 3. The van der Waals surface area contributed by atoms with E-state index in [0.717, 1.165) is 19.4 Å². The first-order valence-corrected chi connectivity index (χ1v) is 6.98. The lowest BCUT2D eigenvalue weighted by atomic mass is 9.85. The average Bonchev–Trinajstić information content (AvgIpc) is 2.64. The molecule has 1 unspecified atom stereocenters. The molecule has 0 spiro atoms. The molecule has 0 radical (unpaired) electrons. The van der Waals surface area contributed by atoms with Crippen molar-refractivity contribution in [3.63, 3.8) is 0 Å². The molecule has 0 saturated carbocycles. The fourth-order valence-electron chi connectivity index (χ4n) is 2.80. The van der Waals surface area contributed by atoms with Crippen LogP contribution in [0, 0.1) is 11.3 Å². The van der Waals surface area contributed by atoms with Gasteiger partial charge in [-0.25, -0.2) is 4.79 Å². The van der Waals surface area contributed by atoms with E-state index in [1.807, 2.05) is 25.7 Å². The van der Waals surface area contributed by atoms with Crippen LogP contribution >= 0.6 is 0 Å². The third-order valence-corrected chi connectivity index (χ3v) is 4.10. The Balaban J connectivity index is 2.86. The third-order valence-electron chi connectivity index (χ3n) is 4.10. The number of carbonyl (C=O) groups excluding carboxylic acids is 1. The number of nitrogens with one attached hydrogen (secondary N) is 1. The SMILES string of the molecule is CC[C@@H]1CCN(C(=O)[C@@H](NC(=O)O)C(C)(C)C)C1C. The molecule has 5 nitrogen and oxygen atoms in total. The zero-order chi connectivity index (χ0) is 14.8. The molecule has 0 aromatic heterocycles. The Kier molecular flexibility index (Phi) is 4.82. The van der Waals surface area contributed by atoms with Crippen molar-refractivity contribution in [2.75, 3.05) is 6.54 Å². The topological polar surface area (TPSA) is 69.6 Å². The highest BCUT2D eigenvalue weighted by Gasteiger charge is 2.40. The Morgan fingerprint density at radius 3 is 2.37 bits per heavy atom. The fraction of sp³-hybridized carbons (Fsp3) is 0.857. The summed E-state index contributed by atoms with van der Waals surface area (Å²) in [5.74, 6) is 0.424. The lowest BCUT2D eigenvalue weighted by Crippen LogP contribution is -2.55. The molecule has 1 heterocycles. The van der Waals surface area contributed by atoms with Crippen molar-refractivity contribution in [2.45, 2.75) is 59.5 Å². The van der Waals surface area contributed by atoms with Gasteiger partial charge in [-0.05, 0) is 24.7 Å². The van der Waals surface area contributed by atoms with Crippen molar-refractivity contribution in [3.8, 4) is 0 Å². The van der Waals surface area contributed by atoms with E-state index in [-0.39, 0.29) is 11.9 Å². The van der Waals surface area contributed by atoms with Gasteiger partial charge in [0.1, 0.15) is 6.04 Å². The maximum atomic E-state index is 12.6. The molecule has 1 saturated heterocycles. The number of carboxylic acid groups (broad SMARTS) is 1. The van der Waals surface area contributed by atoms with Crippen LogP contribution in [-0.4, -0.2) is 40.6 Å². The predicted octanol–water partition coefficient (Wildman–Crippen LogP) is 2.32. The summed E-state index contributed by atoms with van der Waals surface area (Å²) in [5, 5.41) is 11.3. The minimum atomic E-state index is -1.15. The summed E-state index contributed by atoms with van der Waals surface area (Å²) in [6, 6.07) is -0.499. The van der Waals surface area contributed by atoms with E-state index in [0.29, 0.717) is 5.92 Å². The summed E-state index contributed by atoms with van der Waals surface area (Å²) in [5.41, 5.74) is -0.431. The number of likely N-dealkylation sites (tertiary alicyclic amines) is 1. The molecular weight excluding hydrogens is 244 g/mol. The van der Waals surface area contributed by atoms with Gasteiger partial charge in [0.15, 0.2) is 0 Å². The molecule has 1 rings (SSSR count). The van der Waals surface area contributed by atoms with Gasteiger partial charge >= 0.3 is 6.09 Å². The molecule has 2 N–H and O–H groups in total. The lowest BCUT2D eigenvalue weighted by molar-refractivity contribution is -0.136. The van der Waals surface area contributed by atoms with Crippen LogP contribution in [0.25, 0.3) is 0 Å². The zero-order valence-corrected chi connectivity index (χ0v) is 12.6. The van der Waals surface area contributed by atoms with Gasteiger partial charge in [0, 0.05) is 12.6 Å². The molecule has 0 aromatic carbocycles. The molecule has 1 aliphatic heterocycles. The molecular formula is C14H26N2O3. The quantitative estimate of drug-likeness (QED) is 0.827. The summed E-state index contributed by atoms with van der Waals surface area (Å²) < 4.78 is 0. The maximum Gasteiger partial charge on any atom is 0.405 e. The standard InChI is InChI=1S/C14H26N2O3/c1-6-10-7-8-16(9(10)2)12(17)11(14(3,4)5)15-13(18)19/h9-11,15H,6-8H2,1-5H3,(H,18,19)/t9?,10-,11-/m1/s1. The molecule has 3 atom stereocenters. The van der Waals surface area contributed by atoms with E-state index >= 15 is 0 Å². The van der Waals surface area contributed by atoms with Crippen LogP contribution in [0.3, 0.4) is 0 Å². The van der Waals surface area contributed by atoms with Crippen LogP contribution in [0.1, 0.15) is 47.5 Å². The number of nitrogens with zero attached hydrogens (tertiary/aromatic N) is 1. The van der Waals surface area contributed by atoms with E-state index in [1.165, 1.54) is 0 Å². The van der Waals surface area contributed by atoms with E-state index in [2.05, 4.69) is 19.2 Å². The van der Waals surface area contributed by atoms with Crippen molar-refractivity contribution in [1.82, 2.24) is 10.2 Å². The third kappa shape index (κ3) is 3.61. The second kappa shape index (κ2) is 5.80. The van der Waals surface area contributed by atoms with Gasteiger partial charge in [0.25, 0.3) is 0 Å². The van der Waals surface area contributed by atoms with Crippen LogP contribution in [0.15, 0.2) is 0 Å². The molecule has 5 heteroatoms. The van der Waals surface area contributed by atoms with E-state index < -0.39 is 17.6 Å². The van der Waals surface area contributed by atoms with Crippen LogP contribution in [-0.2, 0) is 4.79 Å². The Morgan fingerprint density at radius 2 is 2.00 bits per heavy atom. The first-order valence-electron chi connectivity index (χ1n) is 6.98. The highest BCUT2D eigenvalue weighted by molar-refractivity contribution is 5.86. The maximum absolute atomic E-state index is 12.6. The summed E-state index contributed by atoms with van der Waals surface area (Å²) >= 11 is 0. The van der Waals surface area contributed by atoms with Crippen molar-refractivity contribution >= 4 is 12.0 Å². The first kappa shape index (κ1) is 15.8. The van der Waals surface area contributed by atoms with E-state index in [4.69, 9.17) is 5.11 Å². The summed E-state index contributed by atoms with van der Waals surface area (Å²) in [6.45, 7) is 10.6. The Hall–Kier alpha value is -1.26. The monoisotopic (exact) mass is 270 g/mol. The van der Waals surface area contributed by atoms with Crippen LogP contribution in [0.5, 0.6) is 0 Å². The molecule has 0 bridgehead atoms. The second-order valence-electron chi connectivity index (χ2n) is 6.48. The summed E-state index contributed by atoms with van der Waals surface area (Å²) in [4.78, 5) is 25.3. The Labute approximate surface area is 115 Å². The number of hydrogen-bond donors (Lipinski definition) is 2. The molecule has 0 aliphatic carbocycles. The van der Waals surface area contributed by atoms with Gasteiger partial charge in [-0.2, -0.15) is 0 Å². The van der Waals surface area contributed by atoms with Gasteiger partial charge in [-0.3, -0.25) is 4.79 Å². The van der Waals surface area contributed by atoms with Crippen molar-refractivity contribution in [2.24, 2.45) is 11.3 Å². The number of carbonyl (C=O) groups is 2. The lowest BCUT2D eigenvalue weighted by Gasteiger charge is -2.35. The second-order valence-corrected chi connectivity index (χ2v) is 6.48. The molecule has 2 amide bonds. The van der Waals surface area contributed by atoms with E-state index in [9.17, 15) is 9.59 Å². The van der Waals surface area contributed by atoms with Crippen molar-refractivity contribution in [3.05, 3.63) is 0 Å². The highest BCUT2D eigenvalue weighted by atomic mass is 16.4. The van der Waals surface area contributed by atoms with Crippen LogP contribution in [0.2, 0.25) is 0 Å². The molecule has 0 aromatic rings. The number of amides is 2. The average molecular weight is 270 g/mol. The molecule has 110 valence electrons. The first-order chi connectivity index (χ1) is 8.68. The zero-order valence-electron chi connectivity index (χ0n) is 12.6. The van der Waals surface area contributed by atoms with Crippen LogP contribution in [0.4, 0.5) is 4.79 Å². The van der Waals surface area contributed by atoms with E-state index in [1.54, 1.807) is 0 Å². The Bertz CT molecular complexity index is 349. The largest absolute Gasteiger partial charge is 0.465 e.